The fourth-order valence-electron chi connectivity index (χ4n) is 2.88. The quantitative estimate of drug-likeness (QED) is 0.911. The zero-order chi connectivity index (χ0) is 17.3. The number of carbonyl (C=O) groups is 2. The summed E-state index contributed by atoms with van der Waals surface area (Å²) in [6, 6.07) is 7.02. The molecule has 1 atom stereocenters. The zero-order valence-corrected chi connectivity index (χ0v) is 14.4. The molecule has 0 unspecified atom stereocenters. The molecule has 1 fully saturated rings. The lowest BCUT2D eigenvalue weighted by Crippen LogP contribution is -2.55. The van der Waals surface area contributed by atoms with Crippen LogP contribution in [0.4, 0.5) is 4.79 Å². The van der Waals surface area contributed by atoms with Gasteiger partial charge in [-0.3, -0.25) is 4.90 Å². The first-order valence-electron chi connectivity index (χ1n) is 7.62. The van der Waals surface area contributed by atoms with Gasteiger partial charge in [-0.15, -0.1) is 0 Å². The van der Waals surface area contributed by atoms with Crippen molar-refractivity contribution in [3.8, 4) is 0 Å². The van der Waals surface area contributed by atoms with E-state index in [9.17, 15) is 14.7 Å². The van der Waals surface area contributed by atoms with Crippen molar-refractivity contribution < 1.29 is 19.4 Å². The van der Waals surface area contributed by atoms with E-state index in [-0.39, 0.29) is 6.42 Å². The van der Waals surface area contributed by atoms with Gasteiger partial charge in [-0.25, -0.2) is 9.59 Å². The highest BCUT2D eigenvalue weighted by molar-refractivity contribution is 6.30. The van der Waals surface area contributed by atoms with E-state index < -0.39 is 23.2 Å². The summed E-state index contributed by atoms with van der Waals surface area (Å²) in [7, 11) is 0. The molecule has 1 aromatic carbocycles. The molecule has 0 aromatic heterocycles. The maximum atomic E-state index is 12.4. The molecule has 0 radical (unpaired) electrons. The summed E-state index contributed by atoms with van der Waals surface area (Å²) in [5.41, 5.74) is -1.10. The molecule has 1 amide bonds. The van der Waals surface area contributed by atoms with E-state index in [0.29, 0.717) is 24.4 Å². The highest BCUT2D eigenvalue weighted by atomic mass is 35.5. The predicted octanol–water partition coefficient (Wildman–Crippen LogP) is 3.74. The average molecular weight is 340 g/mol. The maximum absolute atomic E-state index is 12.4. The number of halogens is 1. The van der Waals surface area contributed by atoms with Crippen molar-refractivity contribution in [2.45, 2.75) is 51.2 Å². The van der Waals surface area contributed by atoms with Gasteiger partial charge in [0.1, 0.15) is 11.1 Å². The molecule has 1 aliphatic rings. The molecule has 1 aromatic rings. The van der Waals surface area contributed by atoms with Crippen molar-refractivity contribution in [3.05, 3.63) is 34.9 Å². The van der Waals surface area contributed by atoms with Crippen molar-refractivity contribution >= 4 is 23.7 Å². The molecule has 1 heterocycles. The Labute approximate surface area is 141 Å². The van der Waals surface area contributed by atoms with E-state index in [1.807, 2.05) is 0 Å². The molecule has 23 heavy (non-hydrogen) atoms. The highest BCUT2D eigenvalue weighted by Crippen LogP contribution is 2.34. The lowest BCUT2D eigenvalue weighted by atomic mass is 9.88. The summed E-state index contributed by atoms with van der Waals surface area (Å²) in [4.78, 5) is 25.8. The number of aliphatic carboxylic acids is 1. The van der Waals surface area contributed by atoms with Crippen LogP contribution in [0.15, 0.2) is 24.3 Å². The van der Waals surface area contributed by atoms with Crippen LogP contribution in [0.5, 0.6) is 0 Å². The van der Waals surface area contributed by atoms with E-state index in [2.05, 4.69) is 0 Å². The predicted molar refractivity (Wildman–Crippen MR) is 87.7 cm³/mol. The summed E-state index contributed by atoms with van der Waals surface area (Å²) in [6.07, 6.45) is 0.702. The van der Waals surface area contributed by atoms with Crippen LogP contribution in [-0.4, -0.2) is 39.8 Å². The minimum absolute atomic E-state index is 0.235. The number of ether oxygens (including phenoxy) is 1. The minimum atomic E-state index is -1.27. The highest BCUT2D eigenvalue weighted by Gasteiger charge is 2.51. The van der Waals surface area contributed by atoms with Crippen LogP contribution >= 0.6 is 11.6 Å². The summed E-state index contributed by atoms with van der Waals surface area (Å²) in [6.45, 7) is 5.68. The van der Waals surface area contributed by atoms with Gasteiger partial charge in [-0.2, -0.15) is 0 Å². The minimum Gasteiger partial charge on any atom is -0.479 e. The lowest BCUT2D eigenvalue weighted by Gasteiger charge is -2.36. The largest absolute Gasteiger partial charge is 0.479 e. The Kier molecular flexibility index (Phi) is 4.90. The molecule has 0 bridgehead atoms. The van der Waals surface area contributed by atoms with Crippen LogP contribution in [0.3, 0.4) is 0 Å². The van der Waals surface area contributed by atoms with Crippen molar-refractivity contribution in [3.63, 3.8) is 0 Å². The number of likely N-dealkylation sites (tertiary alicyclic amines) is 1. The Morgan fingerprint density at radius 1 is 1.30 bits per heavy atom. The molecule has 0 aliphatic carbocycles. The summed E-state index contributed by atoms with van der Waals surface area (Å²) < 4.78 is 5.39. The number of rotatable bonds is 3. The van der Waals surface area contributed by atoms with Gasteiger partial charge >= 0.3 is 12.1 Å². The zero-order valence-electron chi connectivity index (χ0n) is 13.6. The summed E-state index contributed by atoms with van der Waals surface area (Å²) in [5.74, 6) is -1.00. The number of nitrogens with zero attached hydrogens (tertiary/aromatic N) is 1. The van der Waals surface area contributed by atoms with E-state index in [1.165, 1.54) is 4.90 Å². The topological polar surface area (TPSA) is 66.8 Å². The third kappa shape index (κ3) is 3.96. The van der Waals surface area contributed by atoms with Gasteiger partial charge in [-0.1, -0.05) is 23.7 Å². The molecule has 126 valence electrons. The molecule has 2 rings (SSSR count). The molecule has 1 N–H and O–H groups in total. The molecule has 0 spiro atoms. The fourth-order valence-corrected chi connectivity index (χ4v) is 3.01. The third-order valence-corrected chi connectivity index (χ3v) is 4.16. The van der Waals surface area contributed by atoms with Crippen LogP contribution in [0.25, 0.3) is 0 Å². The Bertz CT molecular complexity index is 594. The summed E-state index contributed by atoms with van der Waals surface area (Å²) >= 11 is 5.88. The number of carboxylic acids is 1. The van der Waals surface area contributed by atoms with Crippen molar-refractivity contribution in [1.82, 2.24) is 4.90 Å². The van der Waals surface area contributed by atoms with E-state index in [4.69, 9.17) is 16.3 Å². The first-order chi connectivity index (χ1) is 10.6. The number of hydrogen-bond acceptors (Lipinski definition) is 3. The molecule has 0 saturated carbocycles. The fraction of sp³-hybridized carbons (Fsp3) is 0.529. The van der Waals surface area contributed by atoms with Gasteiger partial charge in [0.05, 0.1) is 0 Å². The standard InChI is InChI=1S/C17H22ClNO4/c1-16(2,3)23-15(22)19-10-4-9-17(19,14(20)21)11-12-5-7-13(18)8-6-12/h5-8H,4,9-11H2,1-3H3,(H,20,21)/t17-/m0/s1. The maximum Gasteiger partial charge on any atom is 0.411 e. The molecule has 1 saturated heterocycles. The average Bonchev–Trinajstić information content (AvgIpc) is 2.84. The van der Waals surface area contributed by atoms with E-state index in [1.54, 1.807) is 45.0 Å². The third-order valence-electron chi connectivity index (χ3n) is 3.91. The first-order valence-corrected chi connectivity index (χ1v) is 8.00. The molecule has 6 heteroatoms. The molecular weight excluding hydrogens is 318 g/mol. The smallest absolute Gasteiger partial charge is 0.411 e. The van der Waals surface area contributed by atoms with Crippen LogP contribution in [0.1, 0.15) is 39.2 Å². The molecule has 5 nitrogen and oxygen atoms in total. The van der Waals surface area contributed by atoms with Crippen molar-refractivity contribution in [2.24, 2.45) is 0 Å². The van der Waals surface area contributed by atoms with Crippen LogP contribution in [0, 0.1) is 0 Å². The normalized spacial score (nSPS) is 21.3. The number of carboxylic acid groups (broad SMARTS) is 1. The van der Waals surface area contributed by atoms with Gasteiger partial charge < -0.3 is 9.84 Å². The number of benzene rings is 1. The van der Waals surface area contributed by atoms with E-state index >= 15 is 0 Å². The van der Waals surface area contributed by atoms with Gasteiger partial charge in [0.15, 0.2) is 0 Å². The Balaban J connectivity index is 2.29. The molecule has 1 aliphatic heterocycles. The van der Waals surface area contributed by atoms with E-state index in [0.717, 1.165) is 5.56 Å². The monoisotopic (exact) mass is 339 g/mol. The second-order valence-electron chi connectivity index (χ2n) is 6.88. The SMILES string of the molecule is CC(C)(C)OC(=O)N1CCC[C@]1(Cc1ccc(Cl)cc1)C(=O)O. The Morgan fingerprint density at radius 2 is 1.91 bits per heavy atom. The molecular formula is C17H22ClNO4. The summed E-state index contributed by atoms with van der Waals surface area (Å²) in [5, 5.41) is 10.4. The Hall–Kier alpha value is -1.75. The van der Waals surface area contributed by atoms with Crippen LogP contribution in [-0.2, 0) is 16.0 Å². The van der Waals surface area contributed by atoms with Gasteiger partial charge in [0, 0.05) is 18.0 Å². The van der Waals surface area contributed by atoms with Crippen molar-refractivity contribution in [1.29, 1.82) is 0 Å². The van der Waals surface area contributed by atoms with Gasteiger partial charge in [0.25, 0.3) is 0 Å². The van der Waals surface area contributed by atoms with Gasteiger partial charge in [0.2, 0.25) is 0 Å². The first kappa shape index (κ1) is 17.6. The van der Waals surface area contributed by atoms with Crippen LogP contribution < -0.4 is 0 Å². The second-order valence-corrected chi connectivity index (χ2v) is 7.31. The van der Waals surface area contributed by atoms with Gasteiger partial charge in [-0.05, 0) is 51.3 Å². The van der Waals surface area contributed by atoms with Crippen LogP contribution in [0.2, 0.25) is 5.02 Å². The number of hydrogen-bond donors (Lipinski definition) is 1. The number of carbonyl (C=O) groups excluding carboxylic acids is 1. The number of amides is 1. The second kappa shape index (κ2) is 6.40. The Morgan fingerprint density at radius 3 is 2.43 bits per heavy atom. The van der Waals surface area contributed by atoms with Crippen molar-refractivity contribution in [2.75, 3.05) is 6.54 Å². The lowest BCUT2D eigenvalue weighted by molar-refractivity contribution is -0.149.